The fourth-order valence-electron chi connectivity index (χ4n) is 0.825. The number of amides is 1. The molecule has 0 fully saturated rings. The van der Waals surface area contributed by atoms with Crippen molar-refractivity contribution in [1.82, 2.24) is 0 Å². The molecule has 0 aliphatic carbocycles. The average Bonchev–Trinajstić information content (AvgIpc) is 2.11. The predicted octanol–water partition coefficient (Wildman–Crippen LogP) is 2.53. The van der Waals surface area contributed by atoms with Crippen LogP contribution in [0.25, 0.3) is 0 Å². The van der Waals surface area contributed by atoms with Crippen molar-refractivity contribution in [2.75, 3.05) is 5.32 Å². The van der Waals surface area contributed by atoms with E-state index in [-0.39, 0.29) is 5.69 Å². The number of hydrogen-bond acceptors (Lipinski definition) is 1. The highest BCUT2D eigenvalue weighted by Gasteiger charge is 2.12. The first-order valence-electron chi connectivity index (χ1n) is 3.90. The molecular weight excluding hydrogens is 212 g/mol. The van der Waals surface area contributed by atoms with Gasteiger partial charge in [0.05, 0.1) is 5.69 Å². The summed E-state index contributed by atoms with van der Waals surface area (Å²) in [6, 6.07) is 2.80. The van der Waals surface area contributed by atoms with Gasteiger partial charge in [0.2, 0.25) is 5.91 Å². The molecule has 1 atom stereocenters. The van der Waals surface area contributed by atoms with Crippen molar-refractivity contribution in [1.29, 1.82) is 0 Å². The van der Waals surface area contributed by atoms with E-state index in [0.29, 0.717) is 0 Å². The summed E-state index contributed by atoms with van der Waals surface area (Å²) in [6.07, 6.45) is 0. The molecule has 0 saturated heterocycles. The van der Waals surface area contributed by atoms with Crippen LogP contribution in [0.15, 0.2) is 18.2 Å². The van der Waals surface area contributed by atoms with Crippen LogP contribution >= 0.6 is 11.6 Å². The van der Waals surface area contributed by atoms with E-state index in [9.17, 15) is 13.6 Å². The maximum absolute atomic E-state index is 13.0. The number of hydrogen-bond donors (Lipinski definition) is 1. The number of halogens is 3. The molecule has 0 spiro atoms. The van der Waals surface area contributed by atoms with E-state index in [4.69, 9.17) is 11.6 Å². The lowest BCUT2D eigenvalue weighted by atomic mass is 10.3. The third-order valence-corrected chi connectivity index (χ3v) is 1.75. The molecule has 0 bridgehead atoms. The largest absolute Gasteiger partial charge is 0.322 e. The Morgan fingerprint density at radius 2 is 2.14 bits per heavy atom. The second-order valence-electron chi connectivity index (χ2n) is 2.73. The number of nitrogens with one attached hydrogen (secondary N) is 1. The van der Waals surface area contributed by atoms with Crippen LogP contribution in [0.1, 0.15) is 6.92 Å². The third kappa shape index (κ3) is 2.67. The van der Waals surface area contributed by atoms with Crippen LogP contribution in [-0.2, 0) is 4.79 Å². The fraction of sp³-hybridized carbons (Fsp3) is 0.222. The van der Waals surface area contributed by atoms with Crippen molar-refractivity contribution in [3.05, 3.63) is 29.8 Å². The Hall–Kier alpha value is -1.16. The molecular formula is C9H8ClF2NO. The van der Waals surface area contributed by atoms with Crippen molar-refractivity contribution < 1.29 is 13.6 Å². The van der Waals surface area contributed by atoms with E-state index in [1.807, 2.05) is 0 Å². The quantitative estimate of drug-likeness (QED) is 0.761. The lowest BCUT2D eigenvalue weighted by Gasteiger charge is -2.07. The van der Waals surface area contributed by atoms with Crippen LogP contribution in [0.5, 0.6) is 0 Å². The van der Waals surface area contributed by atoms with Crippen molar-refractivity contribution >= 4 is 23.2 Å². The number of anilines is 1. The topological polar surface area (TPSA) is 29.1 Å². The Labute approximate surface area is 84.9 Å². The van der Waals surface area contributed by atoms with Gasteiger partial charge in [0, 0.05) is 6.07 Å². The van der Waals surface area contributed by atoms with E-state index < -0.39 is 22.9 Å². The molecule has 1 N–H and O–H groups in total. The fourth-order valence-corrected chi connectivity index (χ4v) is 0.880. The highest BCUT2D eigenvalue weighted by Crippen LogP contribution is 2.15. The Morgan fingerprint density at radius 1 is 1.50 bits per heavy atom. The van der Waals surface area contributed by atoms with Crippen molar-refractivity contribution in [2.45, 2.75) is 12.3 Å². The first-order chi connectivity index (χ1) is 6.50. The second kappa shape index (κ2) is 4.37. The SMILES string of the molecule is CC(Cl)C(=O)Nc1cc(F)ccc1F. The highest BCUT2D eigenvalue weighted by molar-refractivity contribution is 6.32. The van der Waals surface area contributed by atoms with Crippen molar-refractivity contribution in [2.24, 2.45) is 0 Å². The summed E-state index contributed by atoms with van der Waals surface area (Å²) in [5, 5.41) is 1.37. The molecule has 0 saturated carbocycles. The summed E-state index contributed by atoms with van der Waals surface area (Å²) in [5.41, 5.74) is -0.206. The minimum absolute atomic E-state index is 0.206. The zero-order valence-electron chi connectivity index (χ0n) is 7.35. The molecule has 1 aromatic rings. The molecule has 14 heavy (non-hydrogen) atoms. The standard InChI is InChI=1S/C9H8ClF2NO/c1-5(10)9(14)13-8-4-6(11)2-3-7(8)12/h2-5H,1H3,(H,13,14). The lowest BCUT2D eigenvalue weighted by molar-refractivity contribution is -0.115. The van der Waals surface area contributed by atoms with Crippen molar-refractivity contribution in [3.63, 3.8) is 0 Å². The lowest BCUT2D eigenvalue weighted by Crippen LogP contribution is -2.21. The van der Waals surface area contributed by atoms with Gasteiger partial charge in [-0.25, -0.2) is 8.78 Å². The summed E-state index contributed by atoms with van der Waals surface area (Å²) in [6.45, 7) is 1.44. The molecule has 1 amide bonds. The van der Waals surface area contributed by atoms with Gasteiger partial charge in [-0.3, -0.25) is 4.79 Å². The van der Waals surface area contributed by atoms with Crippen LogP contribution in [0.3, 0.4) is 0 Å². The summed E-state index contributed by atoms with van der Waals surface area (Å²) in [4.78, 5) is 11.0. The monoisotopic (exact) mass is 219 g/mol. The van der Waals surface area contributed by atoms with E-state index in [0.717, 1.165) is 18.2 Å². The summed E-state index contributed by atoms with van der Waals surface area (Å²) in [7, 11) is 0. The molecule has 76 valence electrons. The predicted molar refractivity (Wildman–Crippen MR) is 50.3 cm³/mol. The molecule has 1 unspecified atom stereocenters. The third-order valence-electron chi connectivity index (χ3n) is 1.55. The van der Waals surface area contributed by atoms with E-state index in [1.165, 1.54) is 6.92 Å². The van der Waals surface area contributed by atoms with Gasteiger partial charge in [-0.2, -0.15) is 0 Å². The van der Waals surface area contributed by atoms with E-state index in [1.54, 1.807) is 0 Å². The van der Waals surface area contributed by atoms with Gasteiger partial charge in [0.25, 0.3) is 0 Å². The van der Waals surface area contributed by atoms with Gasteiger partial charge in [-0.05, 0) is 19.1 Å². The van der Waals surface area contributed by atoms with Crippen LogP contribution in [0, 0.1) is 11.6 Å². The molecule has 1 rings (SSSR count). The zero-order valence-corrected chi connectivity index (χ0v) is 8.11. The zero-order chi connectivity index (χ0) is 10.7. The number of carbonyl (C=O) groups excluding carboxylic acids is 1. The molecule has 0 aliphatic rings. The first-order valence-corrected chi connectivity index (χ1v) is 4.34. The summed E-state index contributed by atoms with van der Waals surface area (Å²) in [5.74, 6) is -1.89. The van der Waals surface area contributed by atoms with Gasteiger partial charge < -0.3 is 5.32 Å². The summed E-state index contributed by atoms with van der Waals surface area (Å²) >= 11 is 5.44. The molecule has 0 aromatic heterocycles. The van der Waals surface area contributed by atoms with Crippen LogP contribution < -0.4 is 5.32 Å². The van der Waals surface area contributed by atoms with Crippen LogP contribution in [0.4, 0.5) is 14.5 Å². The van der Waals surface area contributed by atoms with Gasteiger partial charge >= 0.3 is 0 Å². The smallest absolute Gasteiger partial charge is 0.242 e. The van der Waals surface area contributed by atoms with Gasteiger partial charge in [-0.15, -0.1) is 11.6 Å². The Bertz CT molecular complexity index is 355. The Balaban J connectivity index is 2.86. The Kier molecular flexibility index (Phi) is 3.41. The molecule has 0 radical (unpaired) electrons. The molecule has 2 nitrogen and oxygen atoms in total. The molecule has 0 aliphatic heterocycles. The molecule has 5 heteroatoms. The number of benzene rings is 1. The normalized spacial score (nSPS) is 12.3. The van der Waals surface area contributed by atoms with Crippen molar-refractivity contribution in [3.8, 4) is 0 Å². The van der Waals surface area contributed by atoms with Gasteiger partial charge in [0.15, 0.2) is 0 Å². The summed E-state index contributed by atoms with van der Waals surface area (Å²) < 4.78 is 25.6. The average molecular weight is 220 g/mol. The van der Waals surface area contributed by atoms with E-state index in [2.05, 4.69) is 5.32 Å². The van der Waals surface area contributed by atoms with Crippen LogP contribution in [-0.4, -0.2) is 11.3 Å². The number of alkyl halides is 1. The Morgan fingerprint density at radius 3 is 2.71 bits per heavy atom. The first kappa shape index (κ1) is 10.9. The van der Waals surface area contributed by atoms with Crippen LogP contribution in [0.2, 0.25) is 0 Å². The van der Waals surface area contributed by atoms with Gasteiger partial charge in [0.1, 0.15) is 17.0 Å². The van der Waals surface area contributed by atoms with Gasteiger partial charge in [-0.1, -0.05) is 0 Å². The molecule has 0 heterocycles. The maximum atomic E-state index is 13.0. The minimum Gasteiger partial charge on any atom is -0.322 e. The number of rotatable bonds is 2. The molecule has 1 aromatic carbocycles. The maximum Gasteiger partial charge on any atom is 0.242 e. The van der Waals surface area contributed by atoms with E-state index >= 15 is 0 Å². The second-order valence-corrected chi connectivity index (χ2v) is 3.38. The number of carbonyl (C=O) groups is 1. The highest BCUT2D eigenvalue weighted by atomic mass is 35.5. The minimum atomic E-state index is -0.794.